The third kappa shape index (κ3) is 8.10. The van der Waals surface area contributed by atoms with Gasteiger partial charge in [0.15, 0.2) is 0 Å². The molecule has 0 spiro atoms. The van der Waals surface area contributed by atoms with Crippen molar-refractivity contribution in [3.8, 4) is 11.5 Å². The van der Waals surface area contributed by atoms with E-state index in [4.69, 9.17) is 26.4 Å². The van der Waals surface area contributed by atoms with Gasteiger partial charge in [-0.2, -0.15) is 0 Å². The Bertz CT molecular complexity index is 1660. The number of rotatable bonds is 12. The molecule has 3 aromatic carbocycles. The van der Waals surface area contributed by atoms with Gasteiger partial charge in [0.05, 0.1) is 30.8 Å². The van der Waals surface area contributed by atoms with Crippen molar-refractivity contribution in [1.29, 1.82) is 0 Å². The van der Waals surface area contributed by atoms with E-state index in [0.717, 1.165) is 23.0 Å². The molecule has 0 saturated heterocycles. The summed E-state index contributed by atoms with van der Waals surface area (Å²) in [5.41, 5.74) is 3.58. The van der Waals surface area contributed by atoms with Crippen LogP contribution < -0.4 is 20.4 Å². The summed E-state index contributed by atoms with van der Waals surface area (Å²) in [6.45, 7) is 5.22. The predicted molar refractivity (Wildman–Crippen MR) is 155 cm³/mol. The fourth-order valence-electron chi connectivity index (χ4n) is 4.46. The molecule has 0 bridgehead atoms. The second kappa shape index (κ2) is 13.7. The number of fused-ring (bicyclic) bond motifs is 1. The van der Waals surface area contributed by atoms with Crippen molar-refractivity contribution in [3.63, 3.8) is 0 Å². The number of aliphatic carboxylic acids is 1. The number of nitrogens with zero attached hydrogens (tertiary/aromatic N) is 3. The van der Waals surface area contributed by atoms with Gasteiger partial charge < -0.3 is 29.0 Å². The van der Waals surface area contributed by atoms with Crippen LogP contribution >= 0.6 is 11.6 Å². The summed E-state index contributed by atoms with van der Waals surface area (Å²) in [5.74, 6) is -1.18. The molecule has 0 saturated carbocycles. The number of halogens is 4. The number of carboxylic acid groups (broad SMARTS) is 1. The molecular weight excluding hydrogens is 589 g/mol. The molecule has 4 aromatic rings. The zero-order valence-corrected chi connectivity index (χ0v) is 24.2. The van der Waals surface area contributed by atoms with Gasteiger partial charge in [0.1, 0.15) is 17.0 Å². The number of carbonyl (C=O) groups is 2. The molecule has 9 nitrogen and oxygen atoms in total. The molecule has 0 aliphatic heterocycles. The van der Waals surface area contributed by atoms with Gasteiger partial charge >= 0.3 is 12.3 Å². The maximum Gasteiger partial charge on any atom is 0.573 e. The van der Waals surface area contributed by atoms with Crippen molar-refractivity contribution in [2.75, 3.05) is 13.2 Å². The topological polar surface area (TPSA) is 107 Å². The summed E-state index contributed by atoms with van der Waals surface area (Å²) in [7, 11) is 0. The Balaban J connectivity index is 1.79. The lowest BCUT2D eigenvalue weighted by atomic mass is 10.1. The van der Waals surface area contributed by atoms with E-state index in [9.17, 15) is 22.8 Å². The van der Waals surface area contributed by atoms with Crippen LogP contribution in [0.5, 0.6) is 11.5 Å². The molecule has 1 heterocycles. The van der Waals surface area contributed by atoms with E-state index in [0.29, 0.717) is 47.3 Å². The summed E-state index contributed by atoms with van der Waals surface area (Å²) >= 11 is 6.51. The maximum atomic E-state index is 12.7. The lowest BCUT2D eigenvalue weighted by molar-refractivity contribution is -0.274. The van der Waals surface area contributed by atoms with Crippen LogP contribution in [0.3, 0.4) is 0 Å². The van der Waals surface area contributed by atoms with Gasteiger partial charge in [0, 0.05) is 29.7 Å². The second-order valence-electron chi connectivity index (χ2n) is 9.50. The van der Waals surface area contributed by atoms with Crippen molar-refractivity contribution in [2.24, 2.45) is 4.99 Å². The van der Waals surface area contributed by atoms with Crippen molar-refractivity contribution < 1.29 is 37.3 Å². The fraction of sp³-hybridized carbons (Fsp3) is 0.300. The Kier molecular flexibility index (Phi) is 10.0. The number of alkyl halides is 3. The molecule has 43 heavy (non-hydrogen) atoms. The summed E-state index contributed by atoms with van der Waals surface area (Å²) in [6.07, 6.45) is -4.21. The number of hydrogen-bond acceptors (Lipinski definition) is 5. The summed E-state index contributed by atoms with van der Waals surface area (Å²) in [6, 6.07) is 15.6. The van der Waals surface area contributed by atoms with Crippen molar-refractivity contribution >= 4 is 40.2 Å². The largest absolute Gasteiger partial charge is 0.573 e. The molecule has 0 unspecified atom stereocenters. The van der Waals surface area contributed by atoms with Gasteiger partial charge in [0.2, 0.25) is 5.62 Å². The molecule has 228 valence electrons. The highest BCUT2D eigenvalue weighted by Crippen LogP contribution is 2.31. The molecule has 0 fully saturated rings. The number of carbonyl (C=O) groups excluding carboxylic acids is 1. The lowest BCUT2D eigenvalue weighted by Gasteiger charge is -2.10. The maximum absolute atomic E-state index is 12.7. The molecule has 1 amide bonds. The van der Waals surface area contributed by atoms with Gasteiger partial charge in [-0.1, -0.05) is 30.7 Å². The molecule has 0 atom stereocenters. The van der Waals surface area contributed by atoms with E-state index in [1.54, 1.807) is 36.4 Å². The van der Waals surface area contributed by atoms with E-state index in [-0.39, 0.29) is 24.6 Å². The zero-order valence-electron chi connectivity index (χ0n) is 23.4. The van der Waals surface area contributed by atoms with E-state index in [2.05, 4.69) is 10.1 Å². The third-order valence-corrected chi connectivity index (χ3v) is 6.54. The standard InChI is InChI=1S/C30H30ClF3N4O5/c1-3-15-42-25-17-21(31)16-24-27(25)37(4-2)29(36-22-9-11-23(12-10-22)43-30(32,33)34)38(24)18-19-5-7-20(8-6-19)28(41)35-14-13-26(39)40/h5-12,16-17H,3-4,13-15,18H2,1-2H3,(H,35,41)(H,39,40). The van der Waals surface area contributed by atoms with Gasteiger partial charge in [-0.25, -0.2) is 4.99 Å². The van der Waals surface area contributed by atoms with Crippen LogP contribution in [0.4, 0.5) is 18.9 Å². The van der Waals surface area contributed by atoms with E-state index >= 15 is 0 Å². The normalized spacial score (nSPS) is 12.0. The number of benzene rings is 3. The molecule has 2 N–H and O–H groups in total. The van der Waals surface area contributed by atoms with E-state index in [1.807, 2.05) is 23.0 Å². The summed E-state index contributed by atoms with van der Waals surface area (Å²) in [4.78, 5) is 27.9. The van der Waals surface area contributed by atoms with Crippen LogP contribution in [-0.4, -0.2) is 45.6 Å². The molecular formula is C30H30ClF3N4O5. The second-order valence-corrected chi connectivity index (χ2v) is 9.94. The number of aryl methyl sites for hydroxylation is 1. The van der Waals surface area contributed by atoms with Crippen LogP contribution in [0.25, 0.3) is 11.0 Å². The average molecular weight is 619 g/mol. The minimum Gasteiger partial charge on any atom is -0.491 e. The molecule has 0 aliphatic carbocycles. The van der Waals surface area contributed by atoms with Crippen molar-refractivity contribution in [2.45, 2.75) is 46.1 Å². The molecule has 13 heteroatoms. The highest BCUT2D eigenvalue weighted by atomic mass is 35.5. The number of amides is 1. The quantitative estimate of drug-likeness (QED) is 0.194. The molecule has 4 rings (SSSR count). The monoisotopic (exact) mass is 618 g/mol. The van der Waals surface area contributed by atoms with Gasteiger partial charge in [-0.15, -0.1) is 13.2 Å². The summed E-state index contributed by atoms with van der Waals surface area (Å²) < 4.78 is 51.9. The minimum absolute atomic E-state index is 0.0136. The first-order chi connectivity index (χ1) is 20.5. The third-order valence-electron chi connectivity index (χ3n) is 6.32. The van der Waals surface area contributed by atoms with Crippen LogP contribution in [0, 0.1) is 0 Å². The van der Waals surface area contributed by atoms with E-state index < -0.39 is 12.3 Å². The molecule has 0 aliphatic rings. The van der Waals surface area contributed by atoms with Crippen LogP contribution in [0.1, 0.15) is 42.6 Å². The zero-order chi connectivity index (χ0) is 31.1. The number of carboxylic acids is 1. The Labute approximate surface area is 250 Å². The Morgan fingerprint density at radius 1 is 1.02 bits per heavy atom. The van der Waals surface area contributed by atoms with Gasteiger partial charge in [-0.05, 0) is 61.4 Å². The van der Waals surface area contributed by atoms with Crippen LogP contribution in [0.15, 0.2) is 65.7 Å². The van der Waals surface area contributed by atoms with Crippen molar-refractivity contribution in [1.82, 2.24) is 14.5 Å². The number of imidazole rings is 1. The van der Waals surface area contributed by atoms with Gasteiger partial charge in [-0.3, -0.25) is 9.59 Å². The number of aromatic nitrogens is 2. The highest BCUT2D eigenvalue weighted by molar-refractivity contribution is 6.31. The Morgan fingerprint density at radius 2 is 1.72 bits per heavy atom. The SMILES string of the molecule is CCCOc1cc(Cl)cc2c1n(CC)c(=Nc1ccc(OC(F)(F)F)cc1)n2Cc1ccc(C(=O)NCCC(=O)O)cc1. The lowest BCUT2D eigenvalue weighted by Crippen LogP contribution is -2.26. The first-order valence-corrected chi connectivity index (χ1v) is 13.9. The van der Waals surface area contributed by atoms with Crippen LogP contribution in [0.2, 0.25) is 5.02 Å². The van der Waals surface area contributed by atoms with Crippen molar-refractivity contribution in [3.05, 3.63) is 82.4 Å². The van der Waals surface area contributed by atoms with E-state index in [1.165, 1.54) is 24.3 Å². The number of nitrogens with one attached hydrogen (secondary N) is 1. The Morgan fingerprint density at radius 3 is 2.33 bits per heavy atom. The highest BCUT2D eigenvalue weighted by Gasteiger charge is 2.31. The minimum atomic E-state index is -4.81. The fourth-order valence-corrected chi connectivity index (χ4v) is 4.66. The Hall–Kier alpha value is -4.45. The molecule has 1 aromatic heterocycles. The first kappa shape index (κ1) is 31.5. The number of ether oxygens (including phenoxy) is 2. The number of hydrogen-bond donors (Lipinski definition) is 2. The van der Waals surface area contributed by atoms with Gasteiger partial charge in [0.25, 0.3) is 5.91 Å². The predicted octanol–water partition coefficient (Wildman–Crippen LogP) is 6.29. The smallest absolute Gasteiger partial charge is 0.491 e. The van der Waals surface area contributed by atoms with Crippen LogP contribution in [-0.2, 0) is 17.9 Å². The first-order valence-electron chi connectivity index (χ1n) is 13.5. The summed E-state index contributed by atoms with van der Waals surface area (Å²) in [5, 5.41) is 11.8. The molecule has 0 radical (unpaired) electrons. The average Bonchev–Trinajstić information content (AvgIpc) is 3.23.